The van der Waals surface area contributed by atoms with Gasteiger partial charge in [0.2, 0.25) is 5.91 Å². The molecule has 6 atom stereocenters. The summed E-state index contributed by atoms with van der Waals surface area (Å²) < 4.78 is 0. The number of amidine groups is 1. The van der Waals surface area contributed by atoms with Gasteiger partial charge in [-0.2, -0.15) is 0 Å². The molecule has 5 N–H and O–H groups in total. The third kappa shape index (κ3) is 3.96. The van der Waals surface area contributed by atoms with Gasteiger partial charge in [0.1, 0.15) is 5.84 Å². The first-order chi connectivity index (χ1) is 15.8. The van der Waals surface area contributed by atoms with Crippen molar-refractivity contribution in [3.8, 4) is 0 Å². The van der Waals surface area contributed by atoms with Crippen LogP contribution in [0.2, 0.25) is 0 Å². The van der Waals surface area contributed by atoms with Crippen molar-refractivity contribution in [2.75, 3.05) is 12.3 Å². The van der Waals surface area contributed by atoms with E-state index in [0.717, 1.165) is 61.9 Å². The lowest BCUT2D eigenvalue weighted by Gasteiger charge is -2.59. The van der Waals surface area contributed by atoms with Crippen LogP contribution in [-0.4, -0.2) is 39.9 Å². The standard InChI is InChI=1S/C27H38N4O2/c1-3-16(2)26(29)30-23-12-19-8-7-18-13-27(19,33)14-21(23)25(18)20-9-6-17(11-22(20)28)15-31-10-4-5-24(31)32/h3,6,9,11,18-19,21,23,25,33H,4-5,7-8,10,12-15,28H2,1-2H3,(H2,29,30)/b16-3-. The molecule has 3 aliphatic carbocycles. The number of aliphatic hydroxyl groups is 1. The number of benzene rings is 1. The fourth-order valence-corrected chi connectivity index (χ4v) is 7.21. The smallest absolute Gasteiger partial charge is 0.222 e. The second kappa shape index (κ2) is 8.46. The number of carbonyl (C=O) groups excluding carboxylic acids is 1. The Labute approximate surface area is 197 Å². The second-order valence-corrected chi connectivity index (χ2v) is 10.9. The summed E-state index contributed by atoms with van der Waals surface area (Å²) in [7, 11) is 0. The molecule has 0 radical (unpaired) electrons. The van der Waals surface area contributed by atoms with Crippen molar-refractivity contribution in [2.24, 2.45) is 28.5 Å². The van der Waals surface area contributed by atoms with E-state index in [0.29, 0.717) is 30.6 Å². The lowest BCUT2D eigenvalue weighted by Crippen LogP contribution is -2.58. The van der Waals surface area contributed by atoms with Gasteiger partial charge in [-0.1, -0.05) is 18.2 Å². The van der Waals surface area contributed by atoms with Gasteiger partial charge in [0, 0.05) is 25.2 Å². The van der Waals surface area contributed by atoms with Crippen molar-refractivity contribution in [1.29, 1.82) is 0 Å². The van der Waals surface area contributed by atoms with Gasteiger partial charge in [-0.25, -0.2) is 0 Å². The van der Waals surface area contributed by atoms with Crippen LogP contribution in [0.5, 0.6) is 0 Å². The largest absolute Gasteiger partial charge is 0.398 e. The summed E-state index contributed by atoms with van der Waals surface area (Å²) in [6.45, 7) is 5.46. The highest BCUT2D eigenvalue weighted by molar-refractivity contribution is 5.96. The maximum absolute atomic E-state index is 12.1. The first-order valence-electron chi connectivity index (χ1n) is 12.6. The molecule has 3 saturated carbocycles. The molecule has 6 unspecified atom stereocenters. The van der Waals surface area contributed by atoms with Gasteiger partial charge in [-0.05, 0) is 98.8 Å². The molecule has 1 saturated heterocycles. The summed E-state index contributed by atoms with van der Waals surface area (Å²) in [5, 5.41) is 11.5. The number of hydrogen-bond donors (Lipinski definition) is 3. The van der Waals surface area contributed by atoms with Crippen molar-refractivity contribution in [2.45, 2.75) is 82.9 Å². The number of amides is 1. The minimum absolute atomic E-state index is 0.111. The number of allylic oxidation sites excluding steroid dienone is 1. The molecule has 1 aliphatic heterocycles. The monoisotopic (exact) mass is 450 g/mol. The van der Waals surface area contributed by atoms with Gasteiger partial charge in [-0.3, -0.25) is 9.79 Å². The molecule has 1 amide bonds. The Morgan fingerprint density at radius 3 is 2.85 bits per heavy atom. The predicted octanol–water partition coefficient (Wildman–Crippen LogP) is 3.74. The minimum atomic E-state index is -0.564. The molecule has 1 heterocycles. The van der Waals surface area contributed by atoms with Crippen LogP contribution in [0.3, 0.4) is 0 Å². The minimum Gasteiger partial charge on any atom is -0.398 e. The van der Waals surface area contributed by atoms with Crippen molar-refractivity contribution >= 4 is 17.4 Å². The third-order valence-corrected chi connectivity index (χ3v) is 9.04. The number of anilines is 1. The summed E-state index contributed by atoms with van der Waals surface area (Å²) in [6, 6.07) is 6.50. The molecule has 0 aromatic heterocycles. The molecule has 5 rings (SSSR count). The van der Waals surface area contributed by atoms with Crippen LogP contribution in [0.25, 0.3) is 0 Å². The number of fused-ring (bicyclic) bond motifs is 2. The van der Waals surface area contributed by atoms with Crippen LogP contribution in [0.4, 0.5) is 5.69 Å². The topological polar surface area (TPSA) is 105 Å². The Morgan fingerprint density at radius 2 is 2.15 bits per heavy atom. The number of aliphatic imine (C=N–C) groups is 1. The number of nitrogen functional groups attached to an aromatic ring is 1. The zero-order chi connectivity index (χ0) is 23.3. The van der Waals surface area contributed by atoms with Gasteiger partial charge in [0.05, 0.1) is 11.6 Å². The van der Waals surface area contributed by atoms with Crippen LogP contribution in [-0.2, 0) is 11.3 Å². The molecule has 3 bridgehead atoms. The Morgan fingerprint density at radius 1 is 1.33 bits per heavy atom. The molecular weight excluding hydrogens is 412 g/mol. The maximum Gasteiger partial charge on any atom is 0.222 e. The Hall–Kier alpha value is -2.34. The summed E-state index contributed by atoms with van der Waals surface area (Å²) in [5.74, 6) is 2.10. The molecule has 4 fully saturated rings. The molecule has 33 heavy (non-hydrogen) atoms. The maximum atomic E-state index is 12.1. The molecule has 4 aliphatic rings. The number of carbonyl (C=O) groups is 1. The first kappa shape index (κ1) is 22.5. The number of nitrogens with two attached hydrogens (primary N) is 2. The highest BCUT2D eigenvalue weighted by atomic mass is 16.3. The fourth-order valence-electron chi connectivity index (χ4n) is 7.21. The average Bonchev–Trinajstić information content (AvgIpc) is 3.18. The predicted molar refractivity (Wildman–Crippen MR) is 132 cm³/mol. The normalized spacial score (nSPS) is 36.5. The lowest BCUT2D eigenvalue weighted by molar-refractivity contribution is -0.149. The zero-order valence-electron chi connectivity index (χ0n) is 20.0. The van der Waals surface area contributed by atoms with E-state index in [1.54, 1.807) is 0 Å². The van der Waals surface area contributed by atoms with Crippen LogP contribution in [0.15, 0.2) is 34.8 Å². The number of rotatable bonds is 5. The van der Waals surface area contributed by atoms with Crippen LogP contribution < -0.4 is 11.5 Å². The molecule has 6 heteroatoms. The van der Waals surface area contributed by atoms with Gasteiger partial charge in [0.25, 0.3) is 0 Å². The fraction of sp³-hybridized carbons (Fsp3) is 0.630. The van der Waals surface area contributed by atoms with Crippen molar-refractivity contribution in [3.05, 3.63) is 41.0 Å². The Balaban J connectivity index is 1.46. The zero-order valence-corrected chi connectivity index (χ0v) is 20.0. The second-order valence-electron chi connectivity index (χ2n) is 10.9. The number of likely N-dealkylation sites (tertiary alicyclic amines) is 1. The molecule has 0 spiro atoms. The molecule has 1 aromatic rings. The molecule has 1 aromatic carbocycles. The SMILES string of the molecule is C/C=C(/C)C(N)=NC1CC2CCC3CC2(O)CC1C3c1ccc(CN2CCCC2=O)cc1N. The first-order valence-corrected chi connectivity index (χ1v) is 12.6. The number of hydrogen-bond acceptors (Lipinski definition) is 4. The van der Waals surface area contributed by atoms with Crippen molar-refractivity contribution in [3.63, 3.8) is 0 Å². The van der Waals surface area contributed by atoms with E-state index in [1.807, 2.05) is 24.8 Å². The van der Waals surface area contributed by atoms with E-state index in [4.69, 9.17) is 16.5 Å². The Bertz CT molecular complexity index is 1000. The molecular formula is C27H38N4O2. The Kier molecular flexibility index (Phi) is 5.76. The molecule has 178 valence electrons. The van der Waals surface area contributed by atoms with Gasteiger partial charge in [-0.15, -0.1) is 0 Å². The van der Waals surface area contributed by atoms with E-state index in [-0.39, 0.29) is 23.8 Å². The summed E-state index contributed by atoms with van der Waals surface area (Å²) in [4.78, 5) is 19.0. The highest BCUT2D eigenvalue weighted by Crippen LogP contribution is 2.61. The lowest BCUT2D eigenvalue weighted by atomic mass is 9.49. The third-order valence-electron chi connectivity index (χ3n) is 9.04. The van der Waals surface area contributed by atoms with E-state index in [2.05, 4.69) is 18.2 Å². The summed E-state index contributed by atoms with van der Waals surface area (Å²) >= 11 is 0. The van der Waals surface area contributed by atoms with Gasteiger partial charge >= 0.3 is 0 Å². The number of nitrogens with zero attached hydrogens (tertiary/aromatic N) is 2. The average molecular weight is 451 g/mol. The van der Waals surface area contributed by atoms with E-state index >= 15 is 0 Å². The van der Waals surface area contributed by atoms with E-state index < -0.39 is 5.60 Å². The van der Waals surface area contributed by atoms with Crippen molar-refractivity contribution < 1.29 is 9.90 Å². The quantitative estimate of drug-likeness (QED) is 0.361. The van der Waals surface area contributed by atoms with Gasteiger partial charge < -0.3 is 21.5 Å². The van der Waals surface area contributed by atoms with E-state index in [1.165, 1.54) is 5.56 Å². The van der Waals surface area contributed by atoms with Gasteiger partial charge in [0.15, 0.2) is 0 Å². The summed E-state index contributed by atoms with van der Waals surface area (Å²) in [6.07, 6.45) is 8.33. The van der Waals surface area contributed by atoms with Crippen LogP contribution >= 0.6 is 0 Å². The van der Waals surface area contributed by atoms with Crippen molar-refractivity contribution in [1.82, 2.24) is 4.90 Å². The van der Waals surface area contributed by atoms with Crippen LogP contribution in [0.1, 0.15) is 75.8 Å². The molecule has 6 nitrogen and oxygen atoms in total. The van der Waals surface area contributed by atoms with Crippen LogP contribution in [0, 0.1) is 17.8 Å². The van der Waals surface area contributed by atoms with E-state index in [9.17, 15) is 9.90 Å². The highest BCUT2D eigenvalue weighted by Gasteiger charge is 2.58. The summed E-state index contributed by atoms with van der Waals surface area (Å²) in [5.41, 5.74) is 16.5.